The van der Waals surface area contributed by atoms with Crippen molar-refractivity contribution in [3.63, 3.8) is 0 Å². The second kappa shape index (κ2) is 8.25. The van der Waals surface area contributed by atoms with E-state index in [1.807, 2.05) is 30.3 Å². The first-order valence-electron chi connectivity index (χ1n) is 7.79. The molecule has 2 N–H and O–H groups in total. The minimum Gasteiger partial charge on any atom is -0.462 e. The van der Waals surface area contributed by atoms with Crippen LogP contribution in [0, 0.1) is 0 Å². The highest BCUT2D eigenvalue weighted by atomic mass is 32.2. The molecule has 0 saturated heterocycles. The van der Waals surface area contributed by atoms with E-state index in [4.69, 9.17) is 10.5 Å². The van der Waals surface area contributed by atoms with Gasteiger partial charge in [0.15, 0.2) is 9.84 Å². The summed E-state index contributed by atoms with van der Waals surface area (Å²) in [6, 6.07) is 9.70. The third-order valence-electron chi connectivity index (χ3n) is 3.45. The van der Waals surface area contributed by atoms with Crippen molar-refractivity contribution in [3.05, 3.63) is 40.8 Å². The summed E-state index contributed by atoms with van der Waals surface area (Å²) in [6.07, 6.45) is 0. The van der Waals surface area contributed by atoms with Gasteiger partial charge in [0.05, 0.1) is 21.8 Å². The molecular formula is C17H21NO4S3. The van der Waals surface area contributed by atoms with Crippen LogP contribution in [0.2, 0.25) is 0 Å². The molecule has 1 heterocycles. The van der Waals surface area contributed by atoms with Gasteiger partial charge in [0.25, 0.3) is 0 Å². The molecule has 1 aromatic heterocycles. The fourth-order valence-corrected chi connectivity index (χ4v) is 6.39. The molecule has 0 fully saturated rings. The van der Waals surface area contributed by atoms with E-state index in [1.165, 1.54) is 11.8 Å². The molecule has 5 nitrogen and oxygen atoms in total. The molecular weight excluding hydrogens is 378 g/mol. The van der Waals surface area contributed by atoms with Gasteiger partial charge in [0, 0.05) is 5.75 Å². The lowest BCUT2D eigenvalue weighted by molar-refractivity contribution is 0.0533. The van der Waals surface area contributed by atoms with E-state index in [-0.39, 0.29) is 22.1 Å². The number of nitrogen functional groups attached to an aromatic ring is 1. The summed E-state index contributed by atoms with van der Waals surface area (Å²) < 4.78 is 31.0. The van der Waals surface area contributed by atoms with Gasteiger partial charge in [-0.2, -0.15) is 0 Å². The average molecular weight is 400 g/mol. The van der Waals surface area contributed by atoms with Crippen LogP contribution >= 0.6 is 23.1 Å². The summed E-state index contributed by atoms with van der Waals surface area (Å²) in [4.78, 5) is 12.3. The van der Waals surface area contributed by atoms with Crippen molar-refractivity contribution < 1.29 is 17.9 Å². The van der Waals surface area contributed by atoms with E-state index in [9.17, 15) is 13.2 Å². The van der Waals surface area contributed by atoms with Gasteiger partial charge in [-0.3, -0.25) is 0 Å². The molecule has 136 valence electrons. The van der Waals surface area contributed by atoms with Crippen LogP contribution in [0.5, 0.6) is 0 Å². The number of anilines is 1. The number of hydrogen-bond donors (Lipinski definition) is 1. The summed E-state index contributed by atoms with van der Waals surface area (Å²) >= 11 is 2.45. The zero-order chi connectivity index (χ0) is 18.6. The quantitative estimate of drug-likeness (QED) is 0.560. The van der Waals surface area contributed by atoms with Crippen LogP contribution in [0.4, 0.5) is 5.69 Å². The van der Waals surface area contributed by atoms with Crippen LogP contribution in [0.25, 0.3) is 0 Å². The van der Waals surface area contributed by atoms with E-state index < -0.39 is 21.1 Å². The fraction of sp³-hybridized carbons (Fsp3) is 0.353. The lowest BCUT2D eigenvalue weighted by Gasteiger charge is -2.10. The number of esters is 1. The first-order valence-corrected chi connectivity index (χ1v) is 11.1. The smallest absolute Gasteiger partial charge is 0.350 e. The summed E-state index contributed by atoms with van der Waals surface area (Å²) in [5.74, 6) is 0.000652. The number of nitrogens with two attached hydrogens (primary N) is 1. The predicted molar refractivity (Wildman–Crippen MR) is 103 cm³/mol. The normalized spacial score (nSPS) is 11.7. The van der Waals surface area contributed by atoms with Crippen molar-refractivity contribution >= 4 is 44.6 Å². The van der Waals surface area contributed by atoms with Gasteiger partial charge < -0.3 is 10.5 Å². The van der Waals surface area contributed by atoms with Crippen molar-refractivity contribution in [1.29, 1.82) is 0 Å². The zero-order valence-electron chi connectivity index (χ0n) is 14.3. The van der Waals surface area contributed by atoms with Crippen LogP contribution in [-0.4, -0.2) is 26.2 Å². The number of carbonyl (C=O) groups is 1. The Morgan fingerprint density at radius 3 is 2.48 bits per heavy atom. The highest BCUT2D eigenvalue weighted by Crippen LogP contribution is 2.43. The van der Waals surface area contributed by atoms with Gasteiger partial charge in [-0.05, 0) is 26.3 Å². The topological polar surface area (TPSA) is 86.5 Å². The number of sulfone groups is 1. The van der Waals surface area contributed by atoms with E-state index in [0.29, 0.717) is 9.96 Å². The van der Waals surface area contributed by atoms with Gasteiger partial charge >= 0.3 is 5.97 Å². The third kappa shape index (κ3) is 4.37. The predicted octanol–water partition coefficient (Wildman–Crippen LogP) is 3.98. The second-order valence-corrected chi connectivity index (χ2v) is 10.3. The zero-order valence-corrected chi connectivity index (χ0v) is 16.8. The van der Waals surface area contributed by atoms with Crippen molar-refractivity contribution in [2.75, 3.05) is 12.3 Å². The van der Waals surface area contributed by atoms with Crippen molar-refractivity contribution in [2.24, 2.45) is 0 Å². The standard InChI is InChI=1S/C17H21NO4S3/c1-4-22-16(19)14-13(18)15(25(20,21)11(2)3)17(24-14)23-10-12-8-6-5-7-9-12/h5-9,11H,4,10,18H2,1-3H3. The highest BCUT2D eigenvalue weighted by molar-refractivity contribution is 8.01. The maximum absolute atomic E-state index is 12.7. The summed E-state index contributed by atoms with van der Waals surface area (Å²) in [7, 11) is -3.61. The first-order chi connectivity index (χ1) is 11.8. The van der Waals surface area contributed by atoms with E-state index in [1.54, 1.807) is 20.8 Å². The van der Waals surface area contributed by atoms with Gasteiger partial charge in [0.2, 0.25) is 0 Å². The molecule has 0 radical (unpaired) electrons. The van der Waals surface area contributed by atoms with Crippen molar-refractivity contribution in [2.45, 2.75) is 40.9 Å². The third-order valence-corrected chi connectivity index (χ3v) is 8.47. The Morgan fingerprint density at radius 2 is 1.92 bits per heavy atom. The molecule has 0 aliphatic heterocycles. The molecule has 0 aliphatic rings. The Kier molecular flexibility index (Phi) is 6.53. The fourth-order valence-electron chi connectivity index (χ4n) is 2.08. The van der Waals surface area contributed by atoms with E-state index in [0.717, 1.165) is 16.9 Å². The summed E-state index contributed by atoms with van der Waals surface area (Å²) in [5, 5.41) is -0.629. The average Bonchev–Trinajstić information content (AvgIpc) is 2.91. The summed E-state index contributed by atoms with van der Waals surface area (Å²) in [5.41, 5.74) is 7.10. The molecule has 0 saturated carbocycles. The van der Waals surface area contributed by atoms with Crippen LogP contribution in [0.1, 0.15) is 36.0 Å². The molecule has 0 spiro atoms. The lowest BCUT2D eigenvalue weighted by Crippen LogP contribution is -2.16. The van der Waals surface area contributed by atoms with Crippen LogP contribution < -0.4 is 5.73 Å². The van der Waals surface area contributed by atoms with Crippen LogP contribution in [0.3, 0.4) is 0 Å². The largest absolute Gasteiger partial charge is 0.462 e. The van der Waals surface area contributed by atoms with Gasteiger partial charge in [-0.1, -0.05) is 30.3 Å². The molecule has 25 heavy (non-hydrogen) atoms. The molecule has 0 aliphatic carbocycles. The maximum Gasteiger partial charge on any atom is 0.350 e. The molecule has 0 bridgehead atoms. The number of benzene rings is 1. The minimum absolute atomic E-state index is 0.00675. The lowest BCUT2D eigenvalue weighted by atomic mass is 10.2. The number of thioether (sulfide) groups is 1. The Balaban J connectivity index is 2.46. The van der Waals surface area contributed by atoms with Crippen LogP contribution in [-0.2, 0) is 20.3 Å². The summed E-state index contributed by atoms with van der Waals surface area (Å²) in [6.45, 7) is 5.09. The number of ether oxygens (including phenoxy) is 1. The minimum atomic E-state index is -3.61. The maximum atomic E-state index is 12.7. The number of rotatable bonds is 7. The van der Waals surface area contributed by atoms with Gasteiger partial charge in [-0.15, -0.1) is 23.1 Å². The van der Waals surface area contributed by atoms with Crippen LogP contribution in [0.15, 0.2) is 39.4 Å². The highest BCUT2D eigenvalue weighted by Gasteiger charge is 2.32. The monoisotopic (exact) mass is 399 g/mol. The Hall–Kier alpha value is -1.51. The molecule has 0 amide bonds. The Labute approximate surface area is 156 Å². The SMILES string of the molecule is CCOC(=O)c1sc(SCc2ccccc2)c(S(=O)(=O)C(C)C)c1N. The Morgan fingerprint density at radius 1 is 1.28 bits per heavy atom. The molecule has 2 aromatic rings. The number of hydrogen-bond acceptors (Lipinski definition) is 7. The van der Waals surface area contributed by atoms with Crippen molar-refractivity contribution in [1.82, 2.24) is 0 Å². The first kappa shape index (κ1) is 19.8. The Bertz CT molecular complexity index is 842. The molecule has 0 unspecified atom stereocenters. The molecule has 0 atom stereocenters. The number of thiophene rings is 1. The molecule has 1 aromatic carbocycles. The van der Waals surface area contributed by atoms with Gasteiger partial charge in [-0.25, -0.2) is 13.2 Å². The molecule has 2 rings (SSSR count). The number of carbonyl (C=O) groups excluding carboxylic acids is 1. The van der Waals surface area contributed by atoms with E-state index in [2.05, 4.69) is 0 Å². The molecule has 8 heteroatoms. The van der Waals surface area contributed by atoms with Crippen molar-refractivity contribution in [3.8, 4) is 0 Å². The second-order valence-electron chi connectivity index (χ2n) is 5.55. The van der Waals surface area contributed by atoms with Gasteiger partial charge in [0.1, 0.15) is 9.77 Å². The van der Waals surface area contributed by atoms with E-state index >= 15 is 0 Å².